The van der Waals surface area contributed by atoms with E-state index in [9.17, 15) is 30.6 Å². The van der Waals surface area contributed by atoms with Gasteiger partial charge < -0.3 is 30.6 Å². The van der Waals surface area contributed by atoms with Crippen molar-refractivity contribution < 1.29 is 66.2 Å². The van der Waals surface area contributed by atoms with Crippen LogP contribution in [0.5, 0.6) is 34.5 Å². The van der Waals surface area contributed by atoms with Crippen LogP contribution in [-0.4, -0.2) is 79.1 Å². The second-order valence-electron chi connectivity index (χ2n) is 32.9. The van der Waals surface area contributed by atoms with Gasteiger partial charge in [-0.2, -0.15) is 0 Å². The molecule has 0 fully saturated rings. The van der Waals surface area contributed by atoms with Crippen LogP contribution in [0.3, 0.4) is 0 Å². The third kappa shape index (κ3) is 21.2. The average Bonchev–Trinajstić information content (AvgIpc) is 0.761. The summed E-state index contributed by atoms with van der Waals surface area (Å²) in [6.07, 6.45) is 0. The van der Waals surface area contributed by atoms with E-state index in [1.165, 1.54) is 109 Å². The maximum absolute atomic E-state index is 11.1. The Morgan fingerprint density at radius 3 is 0.397 bits per heavy atom. The molecule has 0 aromatic heterocycles. The van der Waals surface area contributed by atoms with Gasteiger partial charge in [-0.1, -0.05) is 233 Å². The SMILES string of the molecule is CC[Si](C#Cc1ccc2c(-c3c(O)ccc4cc(C#C[Si](CC)(CC)CC)ccc34)c(O)ccc2c1)(CC)CC.CC[Si](C#Cc1ccc2c(-c3c(O)ccc4cc(C#C[Si](CC)(CC)CC)ccc34)c(O)ccc2c1)(CC)CC.CC[Si](C#Cc1ccc2c(-c3c(O)ccc4cc(C#C[Si](CC)(CC)CC)ccc34)c(O)ccc2c1)(CC)CC.[La]. The third-order valence-corrected chi connectivity index (χ3v) is 56.0. The molecule has 0 aliphatic heterocycles. The van der Waals surface area contributed by atoms with Gasteiger partial charge in [0.15, 0.2) is 0 Å². The van der Waals surface area contributed by atoms with E-state index in [2.05, 4.69) is 230 Å². The average molecular weight is 1830 g/mol. The molecule has 0 aliphatic rings. The summed E-state index contributed by atoms with van der Waals surface area (Å²) in [6, 6.07) is 80.1. The predicted octanol–water partition coefficient (Wildman–Crippen LogP) is 29.6. The van der Waals surface area contributed by atoms with Crippen molar-refractivity contribution in [2.24, 2.45) is 0 Å². The molecule has 0 aliphatic carbocycles. The van der Waals surface area contributed by atoms with Crippen LogP contribution in [0.25, 0.3) is 98.0 Å². The van der Waals surface area contributed by atoms with Crippen LogP contribution in [0.15, 0.2) is 182 Å². The van der Waals surface area contributed by atoms with Crippen LogP contribution in [0.4, 0.5) is 0 Å². The minimum atomic E-state index is -1.55. The summed E-state index contributed by atoms with van der Waals surface area (Å²) in [5.41, 5.74) is 31.9. The zero-order chi connectivity index (χ0) is 86.7. The Bertz CT molecular complexity index is 5140. The molecule has 0 atom stereocenters. The molecule has 12 aromatic rings. The molecule has 621 valence electrons. The van der Waals surface area contributed by atoms with Crippen LogP contribution >= 0.6 is 0 Å². The Balaban J connectivity index is 0.000000205. The van der Waals surface area contributed by atoms with Gasteiger partial charge in [0, 0.05) is 102 Å². The van der Waals surface area contributed by atoms with Gasteiger partial charge in [0.1, 0.15) is 82.9 Å². The summed E-state index contributed by atoms with van der Waals surface area (Å²) in [7, 11) is -9.29. The van der Waals surface area contributed by atoms with E-state index < -0.39 is 48.4 Å². The van der Waals surface area contributed by atoms with Crippen LogP contribution in [0.2, 0.25) is 109 Å². The van der Waals surface area contributed by atoms with Gasteiger partial charge >= 0.3 is 0 Å². The molecule has 6 N–H and O–H groups in total. The summed E-state index contributed by atoms with van der Waals surface area (Å²) in [4.78, 5) is 0. The van der Waals surface area contributed by atoms with E-state index in [0.29, 0.717) is 33.4 Å². The molecule has 0 heterocycles. The van der Waals surface area contributed by atoms with Gasteiger partial charge in [-0.15, -0.1) is 33.3 Å². The first-order chi connectivity index (χ1) is 57.8. The molecule has 12 rings (SSSR count). The number of hydrogen-bond donors (Lipinski definition) is 6. The number of hydrogen-bond acceptors (Lipinski definition) is 6. The first-order valence-electron chi connectivity index (χ1n) is 44.6. The van der Waals surface area contributed by atoms with E-state index in [1.807, 2.05) is 109 Å². The number of phenols is 6. The minimum absolute atomic E-state index is 0. The Labute approximate surface area is 757 Å². The largest absolute Gasteiger partial charge is 0.507 e. The summed E-state index contributed by atoms with van der Waals surface area (Å²) in [5.74, 6) is 21.8. The molecular weight excluding hydrogens is 1700 g/mol. The van der Waals surface area contributed by atoms with Crippen LogP contribution in [0, 0.1) is 104 Å². The van der Waals surface area contributed by atoms with E-state index >= 15 is 0 Å². The minimum Gasteiger partial charge on any atom is -0.507 e. The second kappa shape index (κ2) is 42.8. The van der Waals surface area contributed by atoms with Crippen molar-refractivity contribution in [3.8, 4) is 137 Å². The second-order valence-corrected chi connectivity index (χ2v) is 62.5. The molecule has 12 aromatic carbocycles. The monoisotopic (exact) mass is 1830 g/mol. The Hall–Kier alpha value is -9.14. The maximum atomic E-state index is 11.1. The fourth-order valence-electron chi connectivity index (χ4n) is 17.3. The first kappa shape index (κ1) is 95.7. The molecule has 0 unspecified atom stereocenters. The van der Waals surface area contributed by atoms with Crippen LogP contribution < -0.4 is 0 Å². The molecule has 13 heteroatoms. The van der Waals surface area contributed by atoms with Gasteiger partial charge in [0.05, 0.1) is 0 Å². The van der Waals surface area contributed by atoms with Crippen molar-refractivity contribution in [3.05, 3.63) is 215 Å². The van der Waals surface area contributed by atoms with Crippen molar-refractivity contribution in [1.82, 2.24) is 0 Å². The number of benzene rings is 12. The van der Waals surface area contributed by atoms with Gasteiger partial charge in [0.25, 0.3) is 0 Å². The molecule has 121 heavy (non-hydrogen) atoms. The summed E-state index contributed by atoms with van der Waals surface area (Å²) in [5, 5.41) is 77.8. The summed E-state index contributed by atoms with van der Waals surface area (Å²) >= 11 is 0. The topological polar surface area (TPSA) is 121 Å². The standard InChI is InChI=1S/3C36H42O2Si2.La/c3*1-7-39(8-2,9-3)23-21-27-13-17-31-29(25-27)15-19-33(37)35(31)36-32-18-14-28(26-30(32)16-20-34(36)38)22-24-40(10-4,11-5)12-6;/h3*13-20,25-26,37-38H,7-12H2,1-6H3;. The van der Waals surface area contributed by atoms with Gasteiger partial charge in [-0.25, -0.2) is 0 Å². The Kier molecular flexibility index (Phi) is 33.8. The normalized spacial score (nSPS) is 11.6. The molecule has 0 amide bonds. The zero-order valence-corrected chi connectivity index (χ0v) is 84.9. The Morgan fingerprint density at radius 2 is 0.289 bits per heavy atom. The van der Waals surface area contributed by atoms with Crippen LogP contribution in [-0.2, 0) is 0 Å². The van der Waals surface area contributed by atoms with E-state index in [4.69, 9.17) is 0 Å². The summed E-state index contributed by atoms with van der Waals surface area (Å²) in [6.45, 7) is 40.9. The number of phenolic OH excluding ortho intramolecular Hbond substituents is 6. The molecule has 6 nitrogen and oxygen atoms in total. The van der Waals surface area contributed by atoms with Gasteiger partial charge in [-0.05, 0) is 283 Å². The number of fused-ring (bicyclic) bond motifs is 6. The van der Waals surface area contributed by atoms with Crippen molar-refractivity contribution in [2.75, 3.05) is 0 Å². The van der Waals surface area contributed by atoms with Crippen molar-refractivity contribution in [2.45, 2.75) is 233 Å². The fraction of sp³-hybridized carbons (Fsp3) is 0.333. The molecule has 0 bridgehead atoms. The van der Waals surface area contributed by atoms with Crippen molar-refractivity contribution in [3.63, 3.8) is 0 Å². The van der Waals surface area contributed by atoms with E-state index in [1.54, 1.807) is 36.4 Å². The van der Waals surface area contributed by atoms with Crippen molar-refractivity contribution >= 4 is 113 Å². The van der Waals surface area contributed by atoms with Gasteiger partial charge in [0.2, 0.25) is 0 Å². The van der Waals surface area contributed by atoms with Gasteiger partial charge in [-0.3, -0.25) is 0 Å². The maximum Gasteiger partial charge on any atom is 0.138 e. The van der Waals surface area contributed by atoms with E-state index in [0.717, 1.165) is 98.0 Å². The number of aromatic hydroxyl groups is 6. The fourth-order valence-corrected chi connectivity index (χ4v) is 31.9. The summed E-state index contributed by atoms with van der Waals surface area (Å²) < 4.78 is 0. The first-order valence-corrected chi connectivity index (χ1v) is 60.3. The third-order valence-electron chi connectivity index (χ3n) is 27.8. The quantitative estimate of drug-likeness (QED) is 0.0315. The van der Waals surface area contributed by atoms with E-state index in [-0.39, 0.29) is 70.1 Å². The zero-order valence-electron chi connectivity index (χ0n) is 75.3. The molecule has 0 spiro atoms. The number of rotatable bonds is 21. The Morgan fingerprint density at radius 1 is 0.174 bits per heavy atom. The van der Waals surface area contributed by atoms with Crippen molar-refractivity contribution in [1.29, 1.82) is 0 Å². The molecule has 0 saturated heterocycles. The molecular formula is C108H126LaO6Si6. The predicted molar refractivity (Wildman–Crippen MR) is 535 cm³/mol. The smallest absolute Gasteiger partial charge is 0.138 e. The molecule has 0 saturated carbocycles. The van der Waals surface area contributed by atoms with Crippen LogP contribution in [0.1, 0.15) is 158 Å². The molecule has 1 radical (unpaired) electrons.